The van der Waals surface area contributed by atoms with Crippen molar-refractivity contribution in [2.24, 2.45) is 11.7 Å². The maximum atomic E-state index is 12.7. The highest BCUT2D eigenvalue weighted by Crippen LogP contribution is 2.44. The fourth-order valence-corrected chi connectivity index (χ4v) is 3.82. The SMILES string of the molecule is NCCCCC(C(=O)OCC1c2ccccc2-c2ccccc21)C(=O)C(=O)C(=O)O. The van der Waals surface area contributed by atoms with Gasteiger partial charge < -0.3 is 15.6 Å². The second-order valence-electron chi connectivity index (χ2n) is 7.19. The van der Waals surface area contributed by atoms with Gasteiger partial charge in [0, 0.05) is 5.92 Å². The molecule has 1 aliphatic rings. The van der Waals surface area contributed by atoms with Crippen molar-refractivity contribution in [3.63, 3.8) is 0 Å². The monoisotopic (exact) mass is 409 g/mol. The van der Waals surface area contributed by atoms with Crippen molar-refractivity contribution < 1.29 is 29.0 Å². The molecule has 7 heteroatoms. The number of carboxylic acid groups (broad SMARTS) is 1. The molecule has 1 unspecified atom stereocenters. The van der Waals surface area contributed by atoms with E-state index in [2.05, 4.69) is 0 Å². The van der Waals surface area contributed by atoms with Gasteiger partial charge in [-0.15, -0.1) is 0 Å². The first-order valence-corrected chi connectivity index (χ1v) is 9.82. The molecule has 7 nitrogen and oxygen atoms in total. The van der Waals surface area contributed by atoms with E-state index in [1.807, 2.05) is 48.5 Å². The van der Waals surface area contributed by atoms with Crippen molar-refractivity contribution in [3.05, 3.63) is 59.7 Å². The van der Waals surface area contributed by atoms with Gasteiger partial charge in [-0.05, 0) is 41.6 Å². The normalized spacial score (nSPS) is 13.2. The number of hydrogen-bond acceptors (Lipinski definition) is 6. The largest absolute Gasteiger partial charge is 0.475 e. The zero-order valence-corrected chi connectivity index (χ0v) is 16.4. The zero-order valence-electron chi connectivity index (χ0n) is 16.4. The highest BCUT2D eigenvalue weighted by Gasteiger charge is 2.37. The molecule has 0 amide bonds. The van der Waals surface area contributed by atoms with E-state index < -0.39 is 29.4 Å². The number of Topliss-reactive ketones (excluding diaryl/α,β-unsaturated/α-hetero) is 2. The van der Waals surface area contributed by atoms with E-state index >= 15 is 0 Å². The van der Waals surface area contributed by atoms with Crippen LogP contribution in [0.15, 0.2) is 48.5 Å². The quantitative estimate of drug-likeness (QED) is 0.267. The first kappa shape index (κ1) is 21.4. The van der Waals surface area contributed by atoms with Gasteiger partial charge in [0.25, 0.3) is 0 Å². The molecule has 0 saturated heterocycles. The molecule has 3 rings (SSSR count). The molecule has 0 aromatic heterocycles. The predicted octanol–water partition coefficient (Wildman–Crippen LogP) is 2.31. The van der Waals surface area contributed by atoms with Crippen LogP contribution >= 0.6 is 0 Å². The van der Waals surface area contributed by atoms with E-state index in [0.717, 1.165) is 22.3 Å². The van der Waals surface area contributed by atoms with E-state index in [1.165, 1.54) is 0 Å². The number of aliphatic carboxylic acids is 1. The number of rotatable bonds is 10. The summed E-state index contributed by atoms with van der Waals surface area (Å²) in [7, 11) is 0. The number of ether oxygens (including phenoxy) is 1. The van der Waals surface area contributed by atoms with Crippen molar-refractivity contribution in [2.75, 3.05) is 13.2 Å². The zero-order chi connectivity index (χ0) is 21.7. The van der Waals surface area contributed by atoms with Gasteiger partial charge in [0.1, 0.15) is 12.5 Å². The first-order valence-electron chi connectivity index (χ1n) is 9.82. The maximum absolute atomic E-state index is 12.7. The van der Waals surface area contributed by atoms with Crippen molar-refractivity contribution in [2.45, 2.75) is 25.2 Å². The smallest absolute Gasteiger partial charge is 0.380 e. The summed E-state index contributed by atoms with van der Waals surface area (Å²) in [5, 5.41) is 8.83. The van der Waals surface area contributed by atoms with Crippen molar-refractivity contribution in [1.29, 1.82) is 0 Å². The lowest BCUT2D eigenvalue weighted by molar-refractivity contribution is -0.159. The summed E-state index contributed by atoms with van der Waals surface area (Å²) in [4.78, 5) is 47.4. The highest BCUT2D eigenvalue weighted by molar-refractivity contribution is 6.63. The summed E-state index contributed by atoms with van der Waals surface area (Å²) in [6.07, 6.45) is 0.970. The number of unbranched alkanes of at least 4 members (excludes halogenated alkanes) is 1. The van der Waals surface area contributed by atoms with Gasteiger partial charge in [0.15, 0.2) is 0 Å². The lowest BCUT2D eigenvalue weighted by atomic mass is 9.94. The first-order chi connectivity index (χ1) is 14.5. The number of esters is 1. The molecule has 2 aromatic carbocycles. The standard InChI is InChI=1S/C23H23NO6/c24-12-6-5-11-18(20(25)21(26)22(27)28)23(29)30-13-19-16-9-3-1-7-14(16)15-8-2-4-10-17(15)19/h1-4,7-10,18-19H,5-6,11-13,24H2,(H,27,28). The Labute approximate surface area is 173 Å². The Morgan fingerprint density at radius 1 is 0.933 bits per heavy atom. The Balaban J connectivity index is 1.77. The van der Waals surface area contributed by atoms with E-state index in [1.54, 1.807) is 0 Å². The van der Waals surface area contributed by atoms with E-state index in [0.29, 0.717) is 19.4 Å². The molecule has 0 aliphatic heterocycles. The van der Waals surface area contributed by atoms with Crippen LogP contribution in [-0.2, 0) is 23.9 Å². The van der Waals surface area contributed by atoms with Crippen molar-refractivity contribution >= 4 is 23.5 Å². The Bertz CT molecular complexity index is 938. The lowest BCUT2D eigenvalue weighted by Crippen LogP contribution is -2.36. The van der Waals surface area contributed by atoms with E-state index in [-0.39, 0.29) is 18.9 Å². The summed E-state index contributed by atoms with van der Waals surface area (Å²) in [5.74, 6) is -7.26. The van der Waals surface area contributed by atoms with E-state index in [4.69, 9.17) is 15.6 Å². The summed E-state index contributed by atoms with van der Waals surface area (Å²) < 4.78 is 5.45. The number of hydrogen-bond donors (Lipinski definition) is 2. The van der Waals surface area contributed by atoms with Crippen molar-refractivity contribution in [3.8, 4) is 11.1 Å². The summed E-state index contributed by atoms with van der Waals surface area (Å²) in [5.41, 5.74) is 9.59. The predicted molar refractivity (Wildman–Crippen MR) is 109 cm³/mol. The minimum atomic E-state index is -1.88. The number of carbonyl (C=O) groups excluding carboxylic acids is 3. The Hall–Kier alpha value is -3.32. The summed E-state index contributed by atoms with van der Waals surface area (Å²) in [6.45, 7) is 0.354. The van der Waals surface area contributed by atoms with Crippen LogP contribution in [-0.4, -0.2) is 41.8 Å². The summed E-state index contributed by atoms with van der Waals surface area (Å²) >= 11 is 0. The highest BCUT2D eigenvalue weighted by atomic mass is 16.5. The van der Waals surface area contributed by atoms with Gasteiger partial charge in [-0.1, -0.05) is 55.0 Å². The van der Waals surface area contributed by atoms with Gasteiger partial charge in [-0.2, -0.15) is 0 Å². The number of nitrogens with two attached hydrogens (primary N) is 1. The molecule has 2 aromatic rings. The van der Waals surface area contributed by atoms with Crippen LogP contribution in [0.1, 0.15) is 36.3 Å². The molecule has 0 saturated carbocycles. The molecular weight excluding hydrogens is 386 g/mol. The van der Waals surface area contributed by atoms with Gasteiger partial charge in [-0.3, -0.25) is 14.4 Å². The topological polar surface area (TPSA) is 124 Å². The average molecular weight is 409 g/mol. The van der Waals surface area contributed by atoms with Crippen molar-refractivity contribution in [1.82, 2.24) is 0 Å². The second kappa shape index (κ2) is 9.45. The van der Waals surface area contributed by atoms with Crippen LogP contribution in [0.5, 0.6) is 0 Å². The molecule has 1 atom stereocenters. The minimum Gasteiger partial charge on any atom is -0.475 e. The number of fused-ring (bicyclic) bond motifs is 3. The molecule has 0 bridgehead atoms. The Kier molecular flexibility index (Phi) is 6.74. The third kappa shape index (κ3) is 4.31. The van der Waals surface area contributed by atoms with Crippen LogP contribution in [0.4, 0.5) is 0 Å². The van der Waals surface area contributed by atoms with Gasteiger partial charge in [-0.25, -0.2) is 4.79 Å². The Morgan fingerprint density at radius 3 is 2.03 bits per heavy atom. The molecule has 0 heterocycles. The second-order valence-corrected chi connectivity index (χ2v) is 7.19. The maximum Gasteiger partial charge on any atom is 0.380 e. The third-order valence-corrected chi connectivity index (χ3v) is 5.32. The molecule has 0 fully saturated rings. The molecule has 156 valence electrons. The van der Waals surface area contributed by atoms with Crippen LogP contribution in [0.3, 0.4) is 0 Å². The fourth-order valence-electron chi connectivity index (χ4n) is 3.82. The van der Waals surface area contributed by atoms with Gasteiger partial charge >= 0.3 is 17.7 Å². The molecule has 30 heavy (non-hydrogen) atoms. The number of carboxylic acids is 1. The number of benzene rings is 2. The lowest BCUT2D eigenvalue weighted by Gasteiger charge is -2.17. The third-order valence-electron chi connectivity index (χ3n) is 5.32. The molecule has 1 aliphatic carbocycles. The van der Waals surface area contributed by atoms with Gasteiger partial charge in [0.2, 0.25) is 5.78 Å². The van der Waals surface area contributed by atoms with Crippen LogP contribution in [0.2, 0.25) is 0 Å². The number of ketones is 2. The number of carbonyl (C=O) groups is 4. The van der Waals surface area contributed by atoms with Crippen LogP contribution < -0.4 is 5.73 Å². The van der Waals surface area contributed by atoms with Crippen LogP contribution in [0.25, 0.3) is 11.1 Å². The van der Waals surface area contributed by atoms with Crippen LogP contribution in [0, 0.1) is 5.92 Å². The molecule has 3 N–H and O–H groups in total. The fraction of sp³-hybridized carbons (Fsp3) is 0.304. The van der Waals surface area contributed by atoms with Gasteiger partial charge in [0.05, 0.1) is 0 Å². The molecule has 0 spiro atoms. The summed E-state index contributed by atoms with van der Waals surface area (Å²) in [6, 6.07) is 15.6. The molecular formula is C23H23NO6. The Morgan fingerprint density at radius 2 is 1.50 bits per heavy atom. The van der Waals surface area contributed by atoms with E-state index in [9.17, 15) is 19.2 Å². The molecule has 0 radical (unpaired) electrons. The average Bonchev–Trinajstić information content (AvgIpc) is 3.08. The minimum absolute atomic E-state index is 0.00517.